The highest BCUT2D eigenvalue weighted by molar-refractivity contribution is 7.89. The average Bonchev–Trinajstić information content (AvgIpc) is 3.43. The van der Waals surface area contributed by atoms with E-state index in [-0.39, 0.29) is 17.4 Å². The first kappa shape index (κ1) is 24.7. The second-order valence-corrected chi connectivity index (χ2v) is 11.9. The molecule has 0 aliphatic heterocycles. The third-order valence-corrected chi connectivity index (χ3v) is 7.74. The van der Waals surface area contributed by atoms with Crippen LogP contribution in [0.5, 0.6) is 0 Å². The second kappa shape index (κ2) is 10.1. The van der Waals surface area contributed by atoms with E-state index in [2.05, 4.69) is 16.0 Å². The number of carbonyl (C=O) groups excluding carboxylic acids is 1. The molecule has 1 unspecified atom stereocenters. The van der Waals surface area contributed by atoms with Crippen LogP contribution in [0, 0.1) is 18.3 Å². The van der Waals surface area contributed by atoms with Crippen molar-refractivity contribution >= 4 is 49.4 Å². The number of thiazole rings is 2. The van der Waals surface area contributed by atoms with Crippen LogP contribution in [0.1, 0.15) is 43.2 Å². The number of aromatic nitrogens is 2. The molecule has 12 heteroatoms. The van der Waals surface area contributed by atoms with E-state index in [1.807, 2.05) is 9.62 Å². The Labute approximate surface area is 210 Å². The lowest BCUT2D eigenvalue weighted by molar-refractivity contribution is 0.0977. The Kier molecular flexibility index (Phi) is 7.11. The second-order valence-electron chi connectivity index (χ2n) is 7.80. The molecule has 0 saturated carbocycles. The molecular formula is C23H20FN5O3S3. The van der Waals surface area contributed by atoms with Gasteiger partial charge in [-0.25, -0.2) is 27.5 Å². The number of sulfonamides is 1. The average molecular weight is 530 g/mol. The van der Waals surface area contributed by atoms with Gasteiger partial charge in [0.25, 0.3) is 5.91 Å². The number of rotatable bonds is 7. The van der Waals surface area contributed by atoms with Crippen molar-refractivity contribution in [3.8, 4) is 6.07 Å². The minimum Gasteiger partial charge on any atom is -0.313 e. The molecule has 2 aromatic heterocycles. The van der Waals surface area contributed by atoms with Gasteiger partial charge in [0.2, 0.25) is 10.0 Å². The molecule has 180 valence electrons. The van der Waals surface area contributed by atoms with Crippen LogP contribution in [0.15, 0.2) is 54.5 Å². The molecule has 0 fully saturated rings. The predicted molar refractivity (Wildman–Crippen MR) is 134 cm³/mol. The molecule has 1 amide bonds. The first-order valence-corrected chi connectivity index (χ1v) is 13.9. The van der Waals surface area contributed by atoms with Crippen molar-refractivity contribution in [2.24, 2.45) is 0 Å². The maximum Gasteiger partial charge on any atom is 0.284 e. The molecular weight excluding hydrogens is 509 g/mol. The summed E-state index contributed by atoms with van der Waals surface area (Å²) < 4.78 is 38.3. The van der Waals surface area contributed by atoms with Crippen molar-refractivity contribution in [2.75, 3.05) is 11.2 Å². The van der Waals surface area contributed by atoms with E-state index in [9.17, 15) is 17.6 Å². The van der Waals surface area contributed by atoms with Crippen LogP contribution in [0.3, 0.4) is 0 Å². The normalized spacial score (nSPS) is 15.4. The zero-order valence-corrected chi connectivity index (χ0v) is 21.2. The highest BCUT2D eigenvalue weighted by atomic mass is 32.2. The number of halogens is 1. The van der Waals surface area contributed by atoms with Gasteiger partial charge in [-0.2, -0.15) is 5.26 Å². The van der Waals surface area contributed by atoms with Gasteiger partial charge in [0, 0.05) is 27.6 Å². The zero-order chi connectivity index (χ0) is 25.2. The van der Waals surface area contributed by atoms with E-state index >= 15 is 0 Å². The molecule has 1 aliphatic rings. The van der Waals surface area contributed by atoms with E-state index in [0.29, 0.717) is 28.5 Å². The first-order chi connectivity index (χ1) is 16.6. The zero-order valence-electron chi connectivity index (χ0n) is 18.7. The third-order valence-electron chi connectivity index (χ3n) is 5.07. The number of hydrogen-bond donors (Lipinski definition) is 1. The van der Waals surface area contributed by atoms with Crippen LogP contribution in [-0.4, -0.2) is 30.5 Å². The Morgan fingerprint density at radius 3 is 2.69 bits per heavy atom. The van der Waals surface area contributed by atoms with E-state index in [4.69, 9.17) is 5.26 Å². The Hall–Kier alpha value is -3.40. The summed E-state index contributed by atoms with van der Waals surface area (Å²) in [6.07, 6.45) is 7.99. The molecule has 0 bridgehead atoms. The van der Waals surface area contributed by atoms with Crippen molar-refractivity contribution in [2.45, 2.75) is 25.8 Å². The monoisotopic (exact) mass is 529 g/mol. The smallest absolute Gasteiger partial charge is 0.284 e. The number of nitrogens with zero attached hydrogens (tertiary/aromatic N) is 4. The lowest BCUT2D eigenvalue weighted by Gasteiger charge is -2.21. The van der Waals surface area contributed by atoms with Gasteiger partial charge < -0.3 is 4.90 Å². The molecule has 1 aliphatic carbocycles. The van der Waals surface area contributed by atoms with Crippen molar-refractivity contribution < 1.29 is 17.6 Å². The van der Waals surface area contributed by atoms with E-state index in [0.717, 1.165) is 21.8 Å². The molecule has 1 atom stereocenters. The molecule has 0 spiro atoms. The van der Waals surface area contributed by atoms with Gasteiger partial charge in [0.05, 0.1) is 29.4 Å². The summed E-state index contributed by atoms with van der Waals surface area (Å²) in [7, 11) is -3.74. The summed E-state index contributed by atoms with van der Waals surface area (Å²) in [5.41, 5.74) is 1.27. The largest absolute Gasteiger partial charge is 0.313 e. The Bertz CT molecular complexity index is 1470. The Morgan fingerprint density at radius 2 is 2.06 bits per heavy atom. The Morgan fingerprint density at radius 1 is 1.31 bits per heavy atom. The third kappa shape index (κ3) is 6.00. The molecule has 1 aromatic carbocycles. The number of carbonyl (C=O) groups is 1. The topological polar surface area (TPSA) is 116 Å². The maximum absolute atomic E-state index is 13.3. The molecule has 0 radical (unpaired) electrons. The quantitative estimate of drug-likeness (QED) is 0.471. The van der Waals surface area contributed by atoms with Crippen molar-refractivity contribution in [1.82, 2.24) is 14.7 Å². The lowest BCUT2D eigenvalue weighted by atomic mass is 10.0. The minimum atomic E-state index is -3.74. The summed E-state index contributed by atoms with van der Waals surface area (Å²) in [6, 6.07) is 9.03. The lowest BCUT2D eigenvalue weighted by Crippen LogP contribution is -2.30. The number of anilines is 2. The van der Waals surface area contributed by atoms with Crippen LogP contribution in [-0.2, 0) is 16.6 Å². The van der Waals surface area contributed by atoms with Crippen LogP contribution < -0.4 is 9.62 Å². The number of amides is 1. The maximum atomic E-state index is 13.3. The van der Waals surface area contributed by atoms with Crippen molar-refractivity contribution in [3.63, 3.8) is 0 Å². The van der Waals surface area contributed by atoms with E-state index < -0.39 is 15.9 Å². The van der Waals surface area contributed by atoms with Gasteiger partial charge in [-0.3, -0.25) is 4.79 Å². The highest BCUT2D eigenvalue weighted by Crippen LogP contribution is 2.36. The molecule has 2 heterocycles. The molecule has 35 heavy (non-hydrogen) atoms. The number of nitriles is 1. The summed E-state index contributed by atoms with van der Waals surface area (Å²) in [6.45, 7) is 2.08. The van der Waals surface area contributed by atoms with Crippen LogP contribution in [0.2, 0.25) is 0 Å². The van der Waals surface area contributed by atoms with Crippen molar-refractivity contribution in [1.29, 1.82) is 5.26 Å². The van der Waals surface area contributed by atoms with E-state index in [1.54, 1.807) is 43.5 Å². The summed E-state index contributed by atoms with van der Waals surface area (Å²) in [5.74, 6) is -1.04. The molecule has 1 N–H and O–H groups in total. The number of hydrogen-bond acceptors (Lipinski definition) is 9. The fourth-order valence-electron chi connectivity index (χ4n) is 3.41. The van der Waals surface area contributed by atoms with Gasteiger partial charge in [-0.05, 0) is 49.8 Å². The molecule has 4 rings (SSSR count). The standard InChI is InChI=1S/C23H20FN5O3S3/c1-14-20(21(30)28-35(2,31)32)27-23(33-14)29(18-9-3-15(11-25)4-10-18)13-19-12-26-22(34-19)16-5-7-17(24)8-6-16/h3-5,7-10,12,16H,6,13H2,1-2H3,(H,28,30). The SMILES string of the molecule is Cc1sc(N(Cc2cnc(C3C=CC(F)=CC3)s2)c2ccc(C#N)cc2)nc1C(=O)NS(C)(=O)=O. The van der Waals surface area contributed by atoms with Crippen LogP contribution >= 0.6 is 22.7 Å². The van der Waals surface area contributed by atoms with Crippen molar-refractivity contribution in [3.05, 3.63) is 80.5 Å². The van der Waals surface area contributed by atoms with Gasteiger partial charge in [-0.1, -0.05) is 6.08 Å². The number of nitrogens with one attached hydrogen (secondary N) is 1. The Balaban J connectivity index is 1.66. The van der Waals surface area contributed by atoms with Gasteiger partial charge in [0.15, 0.2) is 5.13 Å². The summed E-state index contributed by atoms with van der Waals surface area (Å²) in [5, 5.41) is 10.5. The first-order valence-electron chi connectivity index (χ1n) is 10.4. The van der Waals surface area contributed by atoms with Crippen LogP contribution in [0.25, 0.3) is 0 Å². The predicted octanol–water partition coefficient (Wildman–Crippen LogP) is 4.70. The summed E-state index contributed by atoms with van der Waals surface area (Å²) >= 11 is 2.76. The summed E-state index contributed by atoms with van der Waals surface area (Å²) in [4.78, 5) is 24.8. The van der Waals surface area contributed by atoms with Gasteiger partial charge in [0.1, 0.15) is 11.5 Å². The van der Waals surface area contributed by atoms with Gasteiger partial charge in [-0.15, -0.1) is 22.7 Å². The van der Waals surface area contributed by atoms with Gasteiger partial charge >= 0.3 is 0 Å². The fraction of sp³-hybridized carbons (Fsp3) is 0.217. The molecule has 3 aromatic rings. The molecule has 8 nitrogen and oxygen atoms in total. The number of benzene rings is 1. The minimum absolute atomic E-state index is 0.00464. The molecule has 0 saturated heterocycles. The fourth-order valence-corrected chi connectivity index (χ4v) is 5.77. The van der Waals surface area contributed by atoms with E-state index in [1.165, 1.54) is 34.8 Å². The van der Waals surface area contributed by atoms with Crippen LogP contribution in [0.4, 0.5) is 15.2 Å². The number of allylic oxidation sites excluding steroid dienone is 4. The number of aryl methyl sites for hydroxylation is 1. The highest BCUT2D eigenvalue weighted by Gasteiger charge is 2.23.